The molecule has 2 aromatic carbocycles. The zero-order valence-electron chi connectivity index (χ0n) is 18.5. The number of carbonyl (C=O) groups excluding carboxylic acids is 3. The van der Waals surface area contributed by atoms with Gasteiger partial charge in [0.25, 0.3) is 5.91 Å². The molecule has 3 amide bonds. The molecule has 2 N–H and O–H groups in total. The zero-order valence-corrected chi connectivity index (χ0v) is 19.3. The fourth-order valence-electron chi connectivity index (χ4n) is 3.49. The Balaban J connectivity index is 1.25. The van der Waals surface area contributed by atoms with Crippen molar-refractivity contribution < 1.29 is 18.8 Å². The first-order valence-corrected chi connectivity index (χ1v) is 12.0. The molecule has 0 saturated heterocycles. The van der Waals surface area contributed by atoms with Crippen molar-refractivity contribution in [3.8, 4) is 0 Å². The molecule has 0 radical (unpaired) electrons. The van der Waals surface area contributed by atoms with Crippen LogP contribution in [0.1, 0.15) is 34.5 Å². The Kier molecular flexibility index (Phi) is 7.64. The second-order valence-electron chi connectivity index (χ2n) is 8.13. The monoisotopic (exact) mass is 480 g/mol. The van der Waals surface area contributed by atoms with Crippen molar-refractivity contribution in [2.75, 3.05) is 18.4 Å². The average Bonchev–Trinajstić information content (AvgIpc) is 3.58. The Bertz CT molecular complexity index is 1150. The van der Waals surface area contributed by atoms with E-state index in [4.69, 9.17) is 0 Å². The molecule has 176 valence electrons. The van der Waals surface area contributed by atoms with Crippen LogP contribution in [0.15, 0.2) is 60.0 Å². The molecule has 34 heavy (non-hydrogen) atoms. The highest BCUT2D eigenvalue weighted by atomic mass is 32.1. The maximum Gasteiger partial charge on any atom is 0.254 e. The highest BCUT2D eigenvalue weighted by Crippen LogP contribution is 2.28. The number of rotatable bonds is 10. The largest absolute Gasteiger partial charge is 0.355 e. The Labute approximate surface area is 201 Å². The van der Waals surface area contributed by atoms with Crippen molar-refractivity contribution in [1.82, 2.24) is 15.2 Å². The summed E-state index contributed by atoms with van der Waals surface area (Å²) in [6.07, 6.45) is 2.54. The molecule has 7 nitrogen and oxygen atoms in total. The van der Waals surface area contributed by atoms with Crippen LogP contribution in [-0.2, 0) is 22.4 Å². The van der Waals surface area contributed by atoms with Crippen LogP contribution < -0.4 is 10.6 Å². The number of aromatic nitrogens is 1. The summed E-state index contributed by atoms with van der Waals surface area (Å²) >= 11 is 1.23. The van der Waals surface area contributed by atoms with Crippen molar-refractivity contribution in [1.29, 1.82) is 0 Å². The van der Waals surface area contributed by atoms with E-state index in [2.05, 4.69) is 15.6 Å². The van der Waals surface area contributed by atoms with Gasteiger partial charge in [-0.2, -0.15) is 0 Å². The lowest BCUT2D eigenvalue weighted by Gasteiger charge is -2.21. The van der Waals surface area contributed by atoms with Crippen molar-refractivity contribution in [2.45, 2.75) is 31.7 Å². The van der Waals surface area contributed by atoms with Gasteiger partial charge in [-0.25, -0.2) is 9.37 Å². The van der Waals surface area contributed by atoms with E-state index in [-0.39, 0.29) is 36.7 Å². The van der Waals surface area contributed by atoms with Crippen molar-refractivity contribution >= 4 is 34.2 Å². The van der Waals surface area contributed by atoms with Crippen molar-refractivity contribution in [2.24, 2.45) is 0 Å². The standard InChI is InChI=1S/C25H25FN4O3S/c26-19-8-6-18(7-9-19)24(33)30(21-10-11-21)15-23(32)29-25-28-20(16-34-25)14-22(31)27-13-12-17-4-2-1-3-5-17/h1-9,16,21H,10-15H2,(H,27,31)(H,28,29,32). The lowest BCUT2D eigenvalue weighted by Crippen LogP contribution is -2.39. The molecule has 9 heteroatoms. The average molecular weight is 481 g/mol. The van der Waals surface area contributed by atoms with Gasteiger partial charge in [0.1, 0.15) is 12.4 Å². The van der Waals surface area contributed by atoms with Gasteiger partial charge in [0.2, 0.25) is 11.8 Å². The first kappa shape index (κ1) is 23.6. The lowest BCUT2D eigenvalue weighted by molar-refractivity contribution is -0.120. The summed E-state index contributed by atoms with van der Waals surface area (Å²) in [4.78, 5) is 43.4. The molecular weight excluding hydrogens is 455 g/mol. The molecule has 0 aliphatic heterocycles. The number of halogens is 1. The quantitative estimate of drug-likeness (QED) is 0.465. The number of nitrogens with one attached hydrogen (secondary N) is 2. The minimum absolute atomic E-state index is 0.00902. The molecule has 0 atom stereocenters. The van der Waals surface area contributed by atoms with Crippen LogP contribution in [0.4, 0.5) is 9.52 Å². The summed E-state index contributed by atoms with van der Waals surface area (Å²) < 4.78 is 13.2. The number of anilines is 1. The van der Waals surface area contributed by atoms with E-state index in [1.165, 1.54) is 40.5 Å². The minimum atomic E-state index is -0.420. The van der Waals surface area contributed by atoms with Crippen molar-refractivity contribution in [3.05, 3.63) is 82.6 Å². The van der Waals surface area contributed by atoms with Crippen molar-refractivity contribution in [3.63, 3.8) is 0 Å². The normalized spacial score (nSPS) is 12.7. The van der Waals surface area contributed by atoms with E-state index >= 15 is 0 Å². The third kappa shape index (κ3) is 6.71. The van der Waals surface area contributed by atoms with E-state index in [1.807, 2.05) is 30.3 Å². The molecule has 0 spiro atoms. The topological polar surface area (TPSA) is 91.4 Å². The summed E-state index contributed by atoms with van der Waals surface area (Å²) in [6, 6.07) is 15.2. The summed E-state index contributed by atoms with van der Waals surface area (Å²) in [5, 5.41) is 7.70. The van der Waals surface area contributed by atoms with Crippen LogP contribution in [0.3, 0.4) is 0 Å². The first-order valence-electron chi connectivity index (χ1n) is 11.1. The Morgan fingerprint density at radius 3 is 2.47 bits per heavy atom. The Hall–Kier alpha value is -3.59. The number of hydrogen-bond donors (Lipinski definition) is 2. The van der Waals surface area contributed by atoms with Crippen LogP contribution in [0.2, 0.25) is 0 Å². The highest BCUT2D eigenvalue weighted by molar-refractivity contribution is 7.13. The molecule has 0 unspecified atom stereocenters. The van der Waals surface area contributed by atoms with Crippen LogP contribution in [0.5, 0.6) is 0 Å². The summed E-state index contributed by atoms with van der Waals surface area (Å²) in [7, 11) is 0. The predicted molar refractivity (Wildman–Crippen MR) is 128 cm³/mol. The van der Waals surface area contributed by atoms with Gasteiger partial charge in [-0.05, 0) is 49.1 Å². The molecular formula is C25H25FN4O3S. The minimum Gasteiger partial charge on any atom is -0.355 e. The molecule has 1 aliphatic rings. The summed E-state index contributed by atoms with van der Waals surface area (Å²) in [6.45, 7) is 0.422. The number of amides is 3. The Morgan fingerprint density at radius 2 is 1.76 bits per heavy atom. The second kappa shape index (κ2) is 11.0. The molecule has 3 aromatic rings. The zero-order chi connectivity index (χ0) is 23.9. The molecule has 4 rings (SSSR count). The summed E-state index contributed by atoms with van der Waals surface area (Å²) in [5.74, 6) is -1.22. The third-order valence-electron chi connectivity index (χ3n) is 5.37. The van der Waals surface area contributed by atoms with Crippen LogP contribution in [0.25, 0.3) is 0 Å². The number of hydrogen-bond acceptors (Lipinski definition) is 5. The van der Waals surface area contributed by atoms with Gasteiger partial charge in [0.05, 0.1) is 12.1 Å². The third-order valence-corrected chi connectivity index (χ3v) is 6.18. The predicted octanol–water partition coefficient (Wildman–Crippen LogP) is 3.43. The number of benzene rings is 2. The van der Waals surface area contributed by atoms with E-state index in [1.54, 1.807) is 5.38 Å². The van der Waals surface area contributed by atoms with Gasteiger partial charge in [-0.3, -0.25) is 14.4 Å². The van der Waals surface area contributed by atoms with Gasteiger partial charge in [-0.15, -0.1) is 11.3 Å². The van der Waals surface area contributed by atoms with Gasteiger partial charge in [-0.1, -0.05) is 30.3 Å². The lowest BCUT2D eigenvalue weighted by atomic mass is 10.1. The van der Waals surface area contributed by atoms with Crippen LogP contribution >= 0.6 is 11.3 Å². The molecule has 1 saturated carbocycles. The van der Waals surface area contributed by atoms with Gasteiger partial charge in [0, 0.05) is 23.5 Å². The molecule has 1 fully saturated rings. The SMILES string of the molecule is O=C(Cc1csc(NC(=O)CN(C(=O)c2ccc(F)cc2)C2CC2)n1)NCCc1ccccc1. The van der Waals surface area contributed by atoms with Gasteiger partial charge in [0.15, 0.2) is 5.13 Å². The van der Waals surface area contributed by atoms with Crippen LogP contribution in [-0.4, -0.2) is 46.7 Å². The maximum absolute atomic E-state index is 13.2. The maximum atomic E-state index is 13.2. The molecule has 1 aromatic heterocycles. The van der Waals surface area contributed by atoms with Gasteiger partial charge >= 0.3 is 0 Å². The number of nitrogens with zero attached hydrogens (tertiary/aromatic N) is 2. The van der Waals surface area contributed by atoms with Gasteiger partial charge < -0.3 is 15.5 Å². The Morgan fingerprint density at radius 1 is 1.03 bits per heavy atom. The van der Waals surface area contributed by atoms with E-state index in [9.17, 15) is 18.8 Å². The van der Waals surface area contributed by atoms with Crippen LogP contribution in [0, 0.1) is 5.82 Å². The molecule has 0 bridgehead atoms. The highest BCUT2D eigenvalue weighted by Gasteiger charge is 2.34. The number of carbonyl (C=O) groups is 3. The fourth-order valence-corrected chi connectivity index (χ4v) is 4.21. The van der Waals surface area contributed by atoms with E-state index < -0.39 is 5.82 Å². The second-order valence-corrected chi connectivity index (χ2v) is 8.98. The van der Waals surface area contributed by atoms with E-state index in [0.29, 0.717) is 22.9 Å². The smallest absolute Gasteiger partial charge is 0.254 e. The number of thiazole rings is 1. The fraction of sp³-hybridized carbons (Fsp3) is 0.280. The molecule has 1 aliphatic carbocycles. The van der Waals surface area contributed by atoms with E-state index in [0.717, 1.165) is 24.8 Å². The summed E-state index contributed by atoms with van der Waals surface area (Å²) in [5.41, 5.74) is 2.06. The molecule has 1 heterocycles. The first-order chi connectivity index (χ1) is 16.5.